The number of carbonyl (C=O) groups is 2. The Balaban J connectivity index is 1.82. The lowest BCUT2D eigenvalue weighted by molar-refractivity contribution is -0.124. The third-order valence-electron chi connectivity index (χ3n) is 5.98. The van der Waals surface area contributed by atoms with Gasteiger partial charge in [0.2, 0.25) is 10.8 Å². The Morgan fingerprint density at radius 2 is 1.72 bits per heavy atom. The molecule has 1 atom stereocenters. The molecule has 1 fully saturated rings. The predicted octanol–water partition coefficient (Wildman–Crippen LogP) is 4.18. The van der Waals surface area contributed by atoms with Crippen LogP contribution in [0.5, 0.6) is 5.75 Å². The molecule has 1 spiro atoms. The number of phenols is 1. The second-order valence-corrected chi connectivity index (χ2v) is 9.68. The van der Waals surface area contributed by atoms with Crippen LogP contribution in [0.25, 0.3) is 5.57 Å². The molecule has 1 N–H and O–H groups in total. The normalized spacial score (nSPS) is 24.3. The molecule has 1 saturated heterocycles. The van der Waals surface area contributed by atoms with E-state index in [4.69, 9.17) is 0 Å². The number of amides is 2. The molecular formula is C23H22N2O3S. The Labute approximate surface area is 174 Å². The van der Waals surface area contributed by atoms with Crippen LogP contribution in [0.15, 0.2) is 42.5 Å². The van der Waals surface area contributed by atoms with Crippen LogP contribution >= 0.6 is 11.8 Å². The van der Waals surface area contributed by atoms with Crippen molar-refractivity contribution in [2.75, 3.05) is 15.6 Å². The fourth-order valence-corrected chi connectivity index (χ4v) is 6.25. The Bertz CT molecular complexity index is 1120. The maximum atomic E-state index is 14.1. The van der Waals surface area contributed by atoms with Crippen molar-refractivity contribution in [3.05, 3.63) is 59.2 Å². The standard InChI is InChI=1S/C23H22N2O3S/c1-13-9-17-14(2)11-22(3,4)25-20(17)18(10-13)23(21(25)28)24(19(27)12-29-23)15-5-7-16(26)8-6-15/h5-11,26H,12H2,1-4H3/t23-/m0/s1. The number of aryl methyl sites for hydroxylation is 1. The van der Waals surface area contributed by atoms with E-state index < -0.39 is 10.4 Å². The molecule has 3 heterocycles. The van der Waals surface area contributed by atoms with Crippen molar-refractivity contribution in [2.45, 2.75) is 38.1 Å². The van der Waals surface area contributed by atoms with Crippen molar-refractivity contribution in [1.82, 2.24) is 0 Å². The maximum absolute atomic E-state index is 14.1. The highest BCUT2D eigenvalue weighted by Crippen LogP contribution is 2.60. The number of allylic oxidation sites excluding steroid dienone is 1. The van der Waals surface area contributed by atoms with Gasteiger partial charge in [-0.2, -0.15) is 0 Å². The summed E-state index contributed by atoms with van der Waals surface area (Å²) in [5.41, 5.74) is 5.17. The van der Waals surface area contributed by atoms with Gasteiger partial charge < -0.3 is 5.11 Å². The second-order valence-electron chi connectivity index (χ2n) is 8.51. The molecule has 3 aliphatic rings. The number of benzene rings is 2. The molecular weight excluding hydrogens is 384 g/mol. The molecule has 5 nitrogen and oxygen atoms in total. The van der Waals surface area contributed by atoms with Crippen molar-refractivity contribution in [3.8, 4) is 5.75 Å². The van der Waals surface area contributed by atoms with E-state index >= 15 is 0 Å². The van der Waals surface area contributed by atoms with Crippen molar-refractivity contribution < 1.29 is 14.7 Å². The predicted molar refractivity (Wildman–Crippen MR) is 116 cm³/mol. The molecule has 0 radical (unpaired) electrons. The molecule has 3 aliphatic heterocycles. The van der Waals surface area contributed by atoms with Crippen molar-refractivity contribution in [1.29, 1.82) is 0 Å². The highest BCUT2D eigenvalue weighted by molar-refractivity contribution is 8.02. The van der Waals surface area contributed by atoms with Gasteiger partial charge in [-0.15, -0.1) is 11.8 Å². The largest absolute Gasteiger partial charge is 0.508 e. The smallest absolute Gasteiger partial charge is 0.269 e. The minimum atomic E-state index is -1.13. The first-order valence-electron chi connectivity index (χ1n) is 9.62. The first kappa shape index (κ1) is 18.3. The van der Waals surface area contributed by atoms with E-state index in [0.29, 0.717) is 5.69 Å². The number of anilines is 2. The zero-order valence-electron chi connectivity index (χ0n) is 16.8. The SMILES string of the molecule is CC1=CC(C)(C)N2C(=O)[C@@]3(SCC(=O)N3c3ccc(O)cc3)c3cc(C)cc1c32. The van der Waals surface area contributed by atoms with Gasteiger partial charge in [-0.3, -0.25) is 19.4 Å². The molecule has 0 aromatic heterocycles. The summed E-state index contributed by atoms with van der Waals surface area (Å²) in [6, 6.07) is 10.7. The van der Waals surface area contributed by atoms with E-state index in [-0.39, 0.29) is 23.3 Å². The van der Waals surface area contributed by atoms with Gasteiger partial charge in [0.1, 0.15) is 5.75 Å². The van der Waals surface area contributed by atoms with E-state index in [9.17, 15) is 14.7 Å². The van der Waals surface area contributed by atoms with Crippen LogP contribution in [0, 0.1) is 6.92 Å². The summed E-state index contributed by atoms with van der Waals surface area (Å²) >= 11 is 1.38. The van der Waals surface area contributed by atoms with Crippen molar-refractivity contribution in [3.63, 3.8) is 0 Å². The van der Waals surface area contributed by atoms with E-state index in [1.54, 1.807) is 29.2 Å². The lowest BCUT2D eigenvalue weighted by atomic mass is 9.88. The number of phenolic OH excluding ortho intramolecular Hbond substituents is 1. The number of hydrogen-bond acceptors (Lipinski definition) is 4. The third kappa shape index (κ3) is 2.23. The molecule has 2 amide bonds. The van der Waals surface area contributed by atoms with E-state index in [1.165, 1.54) is 11.8 Å². The first-order chi connectivity index (χ1) is 13.7. The topological polar surface area (TPSA) is 60.9 Å². The zero-order chi connectivity index (χ0) is 20.7. The molecule has 2 aromatic carbocycles. The average molecular weight is 407 g/mol. The Kier molecular flexibility index (Phi) is 3.57. The van der Waals surface area contributed by atoms with Gasteiger partial charge in [-0.25, -0.2) is 0 Å². The molecule has 0 bridgehead atoms. The highest BCUT2D eigenvalue weighted by atomic mass is 32.2. The van der Waals surface area contributed by atoms with Gasteiger partial charge in [-0.1, -0.05) is 12.1 Å². The monoisotopic (exact) mass is 406 g/mol. The van der Waals surface area contributed by atoms with Crippen molar-refractivity contribution >= 4 is 40.5 Å². The maximum Gasteiger partial charge on any atom is 0.269 e. The molecule has 0 unspecified atom stereocenters. The average Bonchev–Trinajstić information content (AvgIpc) is 3.11. The number of carbonyl (C=O) groups excluding carboxylic acids is 2. The number of aromatic hydroxyl groups is 1. The van der Waals surface area contributed by atoms with Crippen molar-refractivity contribution in [2.24, 2.45) is 0 Å². The van der Waals surface area contributed by atoms with Gasteiger partial charge >= 0.3 is 0 Å². The van der Waals surface area contributed by atoms with E-state index in [2.05, 4.69) is 19.1 Å². The van der Waals surface area contributed by atoms with Crippen LogP contribution in [-0.4, -0.2) is 28.2 Å². The zero-order valence-corrected chi connectivity index (χ0v) is 17.6. The van der Waals surface area contributed by atoms with Crippen LogP contribution in [0.3, 0.4) is 0 Å². The number of thioether (sulfide) groups is 1. The molecule has 0 aliphatic carbocycles. The fourth-order valence-electron chi connectivity index (χ4n) is 4.92. The van der Waals surface area contributed by atoms with E-state index in [0.717, 1.165) is 28.0 Å². The van der Waals surface area contributed by atoms with Gasteiger partial charge in [0.15, 0.2) is 0 Å². The molecule has 2 aromatic rings. The summed E-state index contributed by atoms with van der Waals surface area (Å²) in [7, 11) is 0. The quantitative estimate of drug-likeness (QED) is 0.772. The summed E-state index contributed by atoms with van der Waals surface area (Å²) in [6.07, 6.45) is 2.13. The summed E-state index contributed by atoms with van der Waals surface area (Å²) in [6.45, 7) is 8.17. The van der Waals surface area contributed by atoms with Gasteiger partial charge in [0.25, 0.3) is 5.91 Å². The molecule has 5 rings (SSSR count). The van der Waals surface area contributed by atoms with Crippen LogP contribution in [0.1, 0.15) is 37.5 Å². The summed E-state index contributed by atoms with van der Waals surface area (Å²) in [5.74, 6) is 0.165. The minimum absolute atomic E-state index is 0.0861. The summed E-state index contributed by atoms with van der Waals surface area (Å²) in [5, 5.41) is 9.70. The van der Waals surface area contributed by atoms with Gasteiger partial charge in [-0.05, 0) is 69.2 Å². The summed E-state index contributed by atoms with van der Waals surface area (Å²) < 4.78 is 0. The number of hydrogen-bond donors (Lipinski definition) is 1. The molecule has 6 heteroatoms. The van der Waals surface area contributed by atoms with E-state index in [1.807, 2.05) is 31.7 Å². The number of nitrogens with zero attached hydrogens (tertiary/aromatic N) is 2. The van der Waals surface area contributed by atoms with Crippen LogP contribution in [-0.2, 0) is 14.5 Å². The summed E-state index contributed by atoms with van der Waals surface area (Å²) in [4.78, 5) is 29.5. The Hall–Kier alpha value is -2.73. The highest BCUT2D eigenvalue weighted by Gasteiger charge is 2.64. The first-order valence-corrected chi connectivity index (χ1v) is 10.6. The third-order valence-corrected chi connectivity index (χ3v) is 7.37. The lowest BCUT2D eigenvalue weighted by Crippen LogP contribution is -2.54. The Morgan fingerprint density at radius 3 is 2.41 bits per heavy atom. The Morgan fingerprint density at radius 1 is 1.03 bits per heavy atom. The van der Waals surface area contributed by atoms with Gasteiger partial charge in [0.05, 0.1) is 17.0 Å². The van der Waals surface area contributed by atoms with Gasteiger partial charge in [0, 0.05) is 16.8 Å². The number of fused-ring (bicyclic) bond motifs is 1. The molecule has 29 heavy (non-hydrogen) atoms. The van der Waals surface area contributed by atoms with Crippen LogP contribution < -0.4 is 9.80 Å². The number of rotatable bonds is 1. The lowest BCUT2D eigenvalue weighted by Gasteiger charge is -2.40. The van der Waals surface area contributed by atoms with Crippen LogP contribution in [0.2, 0.25) is 0 Å². The second kappa shape index (κ2) is 5.66. The molecule has 148 valence electrons. The molecule has 0 saturated carbocycles. The minimum Gasteiger partial charge on any atom is -0.508 e. The van der Waals surface area contributed by atoms with Crippen LogP contribution in [0.4, 0.5) is 11.4 Å². The fraction of sp³-hybridized carbons (Fsp3) is 0.304.